The number of benzene rings is 1. The van der Waals surface area contributed by atoms with Gasteiger partial charge in [-0.2, -0.15) is 0 Å². The molecule has 0 aromatic heterocycles. The molecule has 0 bridgehead atoms. The number of rotatable bonds is 4. The lowest BCUT2D eigenvalue weighted by atomic mass is 9.81. The Kier molecular flexibility index (Phi) is 6.75. The molecule has 1 aromatic carbocycles. The van der Waals surface area contributed by atoms with E-state index in [9.17, 15) is 4.79 Å². The molecule has 0 amide bonds. The molecule has 1 heterocycles. The molecule has 0 spiro atoms. The SMILES string of the molecule is CCOc1ccc(Cl)c2c1CCC(CN1CCCCC1)C2=O.Cl. The summed E-state index contributed by atoms with van der Waals surface area (Å²) in [6, 6.07) is 3.69. The maximum Gasteiger partial charge on any atom is 0.169 e. The summed E-state index contributed by atoms with van der Waals surface area (Å²) >= 11 is 6.33. The zero-order valence-corrected chi connectivity index (χ0v) is 15.2. The summed E-state index contributed by atoms with van der Waals surface area (Å²) in [5.41, 5.74) is 1.72. The summed E-state index contributed by atoms with van der Waals surface area (Å²) in [4.78, 5) is 15.3. The van der Waals surface area contributed by atoms with E-state index in [1.165, 1.54) is 19.3 Å². The predicted molar refractivity (Wildman–Crippen MR) is 96.3 cm³/mol. The number of carbonyl (C=O) groups is 1. The molecule has 5 heteroatoms. The summed E-state index contributed by atoms with van der Waals surface area (Å²) in [6.07, 6.45) is 5.62. The highest BCUT2D eigenvalue weighted by Gasteiger charge is 2.32. The molecule has 1 aromatic rings. The number of piperidine rings is 1. The number of likely N-dealkylation sites (tertiary alicyclic amines) is 1. The molecule has 3 nitrogen and oxygen atoms in total. The largest absolute Gasteiger partial charge is 0.494 e. The molecule has 1 aliphatic heterocycles. The first-order chi connectivity index (χ1) is 10.7. The van der Waals surface area contributed by atoms with Crippen molar-refractivity contribution in [2.45, 2.75) is 39.0 Å². The number of hydrogen-bond donors (Lipinski definition) is 0. The highest BCUT2D eigenvalue weighted by Crippen LogP contribution is 2.37. The number of ketones is 1. The molecule has 2 aliphatic rings. The van der Waals surface area contributed by atoms with Gasteiger partial charge in [0.15, 0.2) is 5.78 Å². The van der Waals surface area contributed by atoms with E-state index in [1.807, 2.05) is 13.0 Å². The van der Waals surface area contributed by atoms with Crippen molar-refractivity contribution in [2.24, 2.45) is 5.92 Å². The number of fused-ring (bicyclic) bond motifs is 1. The van der Waals surface area contributed by atoms with Crippen LogP contribution in [-0.2, 0) is 6.42 Å². The highest BCUT2D eigenvalue weighted by atomic mass is 35.5. The number of carbonyl (C=O) groups excluding carboxylic acids is 1. The molecule has 0 N–H and O–H groups in total. The number of nitrogens with zero attached hydrogens (tertiary/aromatic N) is 1. The summed E-state index contributed by atoms with van der Waals surface area (Å²) in [5.74, 6) is 1.12. The van der Waals surface area contributed by atoms with Crippen LogP contribution < -0.4 is 4.74 Å². The van der Waals surface area contributed by atoms with Crippen LogP contribution in [0.4, 0.5) is 0 Å². The molecule has 1 aliphatic carbocycles. The fourth-order valence-corrected chi connectivity index (χ4v) is 3.96. The van der Waals surface area contributed by atoms with Crippen LogP contribution in [0.5, 0.6) is 5.75 Å². The van der Waals surface area contributed by atoms with Gasteiger partial charge in [0, 0.05) is 23.6 Å². The second kappa shape index (κ2) is 8.36. The standard InChI is InChI=1S/C18H24ClNO2.ClH/c1-2-22-16-9-8-15(19)17-14(16)7-6-13(18(17)21)12-20-10-4-3-5-11-20;/h8-9,13H,2-7,10-12H2,1H3;1H. The Bertz CT molecular complexity index is 556. The maximum atomic E-state index is 12.9. The first-order valence-corrected chi connectivity index (χ1v) is 8.79. The minimum Gasteiger partial charge on any atom is -0.494 e. The van der Waals surface area contributed by atoms with Crippen molar-refractivity contribution < 1.29 is 9.53 Å². The van der Waals surface area contributed by atoms with Crippen molar-refractivity contribution in [3.63, 3.8) is 0 Å². The van der Waals surface area contributed by atoms with Crippen LogP contribution in [0.3, 0.4) is 0 Å². The molecule has 1 fully saturated rings. The van der Waals surface area contributed by atoms with E-state index < -0.39 is 0 Å². The average Bonchev–Trinajstić information content (AvgIpc) is 2.53. The van der Waals surface area contributed by atoms with Gasteiger partial charge in [0.25, 0.3) is 0 Å². The molecule has 0 radical (unpaired) electrons. The van der Waals surface area contributed by atoms with Crippen molar-refractivity contribution in [2.75, 3.05) is 26.2 Å². The molecular formula is C18H25Cl2NO2. The van der Waals surface area contributed by atoms with E-state index in [1.54, 1.807) is 6.07 Å². The third-order valence-electron chi connectivity index (χ3n) is 4.81. The van der Waals surface area contributed by atoms with Gasteiger partial charge in [-0.25, -0.2) is 0 Å². The van der Waals surface area contributed by atoms with E-state index in [4.69, 9.17) is 16.3 Å². The third kappa shape index (κ3) is 4.01. The molecule has 23 heavy (non-hydrogen) atoms. The summed E-state index contributed by atoms with van der Waals surface area (Å²) in [7, 11) is 0. The Morgan fingerprint density at radius 1 is 1.26 bits per heavy atom. The van der Waals surface area contributed by atoms with E-state index in [0.717, 1.165) is 43.8 Å². The first-order valence-electron chi connectivity index (χ1n) is 8.41. The van der Waals surface area contributed by atoms with Gasteiger partial charge in [-0.05, 0) is 57.8 Å². The number of Topliss-reactive ketones (excluding diaryl/α,β-unsaturated/α-hetero) is 1. The topological polar surface area (TPSA) is 29.5 Å². The van der Waals surface area contributed by atoms with Gasteiger partial charge in [0.2, 0.25) is 0 Å². The monoisotopic (exact) mass is 357 g/mol. The van der Waals surface area contributed by atoms with E-state index in [2.05, 4.69) is 4.90 Å². The van der Waals surface area contributed by atoms with Gasteiger partial charge in [-0.15, -0.1) is 12.4 Å². The lowest BCUT2D eigenvalue weighted by molar-refractivity contribution is 0.0844. The maximum absolute atomic E-state index is 12.9. The summed E-state index contributed by atoms with van der Waals surface area (Å²) in [5, 5.41) is 0.576. The zero-order chi connectivity index (χ0) is 15.5. The Morgan fingerprint density at radius 2 is 2.00 bits per heavy atom. The molecule has 1 saturated heterocycles. The Morgan fingerprint density at radius 3 is 2.70 bits per heavy atom. The van der Waals surface area contributed by atoms with E-state index in [0.29, 0.717) is 17.2 Å². The zero-order valence-electron chi connectivity index (χ0n) is 13.6. The molecule has 0 saturated carbocycles. The van der Waals surface area contributed by atoms with Crippen molar-refractivity contribution in [1.82, 2.24) is 4.90 Å². The van der Waals surface area contributed by atoms with Crippen molar-refractivity contribution >= 4 is 29.8 Å². The van der Waals surface area contributed by atoms with E-state index >= 15 is 0 Å². The van der Waals surface area contributed by atoms with Gasteiger partial charge in [0.05, 0.1) is 11.6 Å². The Balaban J connectivity index is 0.00000192. The predicted octanol–water partition coefficient (Wildman–Crippen LogP) is 4.39. The molecule has 1 atom stereocenters. The molecule has 1 unspecified atom stereocenters. The van der Waals surface area contributed by atoms with Crippen molar-refractivity contribution in [1.29, 1.82) is 0 Å². The number of ether oxygens (including phenoxy) is 1. The Hall–Kier alpha value is -0.770. The van der Waals surface area contributed by atoms with Crippen LogP contribution >= 0.6 is 24.0 Å². The summed E-state index contributed by atoms with van der Waals surface area (Å²) < 4.78 is 5.67. The molecule has 128 valence electrons. The van der Waals surface area contributed by atoms with E-state index in [-0.39, 0.29) is 24.1 Å². The van der Waals surface area contributed by atoms with Gasteiger partial charge in [-0.3, -0.25) is 4.79 Å². The lowest BCUT2D eigenvalue weighted by Crippen LogP contribution is -2.38. The van der Waals surface area contributed by atoms with Gasteiger partial charge in [-0.1, -0.05) is 18.0 Å². The second-order valence-electron chi connectivity index (χ2n) is 6.29. The van der Waals surface area contributed by atoms with Crippen LogP contribution in [0.2, 0.25) is 5.02 Å². The average molecular weight is 358 g/mol. The fraction of sp³-hybridized carbons (Fsp3) is 0.611. The number of hydrogen-bond acceptors (Lipinski definition) is 3. The van der Waals surface area contributed by atoms with Crippen LogP contribution in [0.25, 0.3) is 0 Å². The molecule has 3 rings (SSSR count). The first kappa shape index (κ1) is 18.6. The van der Waals surface area contributed by atoms with Crippen molar-refractivity contribution in [3.05, 3.63) is 28.3 Å². The number of halogens is 2. The van der Waals surface area contributed by atoms with Crippen LogP contribution in [0, 0.1) is 5.92 Å². The quantitative estimate of drug-likeness (QED) is 0.799. The lowest BCUT2D eigenvalue weighted by Gasteiger charge is -2.32. The van der Waals surface area contributed by atoms with Crippen molar-refractivity contribution in [3.8, 4) is 5.75 Å². The Labute approximate surface area is 149 Å². The smallest absolute Gasteiger partial charge is 0.169 e. The van der Waals surface area contributed by atoms with Gasteiger partial charge in [0.1, 0.15) is 5.75 Å². The minimum atomic E-state index is 0. The van der Waals surface area contributed by atoms with Crippen LogP contribution in [0.15, 0.2) is 12.1 Å². The van der Waals surface area contributed by atoms with Crippen LogP contribution in [0.1, 0.15) is 48.5 Å². The minimum absolute atomic E-state index is 0. The van der Waals surface area contributed by atoms with Gasteiger partial charge < -0.3 is 9.64 Å². The van der Waals surface area contributed by atoms with Gasteiger partial charge >= 0.3 is 0 Å². The molecular weight excluding hydrogens is 333 g/mol. The second-order valence-corrected chi connectivity index (χ2v) is 6.70. The normalized spacial score (nSPS) is 21.5. The summed E-state index contributed by atoms with van der Waals surface area (Å²) in [6.45, 7) is 5.71. The fourth-order valence-electron chi connectivity index (χ4n) is 3.69. The highest BCUT2D eigenvalue weighted by molar-refractivity contribution is 6.34. The van der Waals surface area contributed by atoms with Crippen LogP contribution in [-0.4, -0.2) is 36.9 Å². The third-order valence-corrected chi connectivity index (χ3v) is 5.12.